The third-order valence-electron chi connectivity index (χ3n) is 5.11. The summed E-state index contributed by atoms with van der Waals surface area (Å²) in [5.74, 6) is -8.36. The summed E-state index contributed by atoms with van der Waals surface area (Å²) in [5.41, 5.74) is 0. The first-order valence-corrected chi connectivity index (χ1v) is 18.7. The van der Waals surface area contributed by atoms with Gasteiger partial charge in [0.2, 0.25) is 0 Å². The first kappa shape index (κ1) is 38.3. The topological polar surface area (TPSA) is 290 Å². The average molecular weight is 813 g/mol. The molecule has 0 aliphatic carbocycles. The molecule has 21 heteroatoms. The van der Waals surface area contributed by atoms with Gasteiger partial charge in [-0.25, -0.2) is 0 Å². The average Bonchev–Trinajstić information content (AvgIpc) is 2.90. The van der Waals surface area contributed by atoms with E-state index in [2.05, 4.69) is 52.7 Å². The van der Waals surface area contributed by atoms with Crippen LogP contribution < -0.4 is 27.4 Å². The molecule has 0 rings (SSSR count). The Kier molecular flexibility index (Phi) is 19.7. The van der Waals surface area contributed by atoms with Gasteiger partial charge >= 0.3 is 259 Å². The molecule has 0 aromatic heterocycles. The van der Waals surface area contributed by atoms with Crippen molar-refractivity contribution >= 4 is 72.8 Å². The quantitative estimate of drug-likeness (QED) is 0.0365. The predicted molar refractivity (Wildman–Crippen MR) is 140 cm³/mol. The first-order valence-electron chi connectivity index (χ1n) is 11.9. The van der Waals surface area contributed by atoms with Gasteiger partial charge in [0, 0.05) is 0 Å². The number of carbonyl (C=O) groups excluding carboxylic acids is 4. The van der Waals surface area contributed by atoms with Crippen LogP contribution in [0.25, 0.3) is 0 Å². The summed E-state index contributed by atoms with van der Waals surface area (Å²) in [6, 6.07) is -4.69. The molecule has 0 saturated heterocycles. The van der Waals surface area contributed by atoms with Crippen LogP contribution in [-0.2, 0) is 63.5 Å². The third kappa shape index (κ3) is 17.7. The summed E-state index contributed by atoms with van der Waals surface area (Å²) in [4.78, 5) is 92.4. The van der Waals surface area contributed by atoms with Crippen LogP contribution in [0.15, 0.2) is 0 Å². The van der Waals surface area contributed by atoms with Gasteiger partial charge in [0.25, 0.3) is 0 Å². The Labute approximate surface area is 257 Å². The molecule has 4 amide bonds. The van der Waals surface area contributed by atoms with E-state index in [-0.39, 0.29) is 37.2 Å². The summed E-state index contributed by atoms with van der Waals surface area (Å²) in [5, 5.41) is 44.9. The summed E-state index contributed by atoms with van der Waals surface area (Å²) in [7, 11) is 0. The second kappa shape index (κ2) is 21.1. The van der Waals surface area contributed by atoms with Gasteiger partial charge in [0.15, 0.2) is 0 Å². The Morgan fingerprint density at radius 2 is 0.927 bits per heavy atom. The van der Waals surface area contributed by atoms with Gasteiger partial charge in [0.05, 0.1) is 0 Å². The molecule has 0 aromatic carbocycles. The van der Waals surface area contributed by atoms with Crippen LogP contribution in [0.3, 0.4) is 0 Å². The van der Waals surface area contributed by atoms with Crippen molar-refractivity contribution in [2.45, 2.75) is 49.9 Å². The molecule has 0 unspecified atom stereocenters. The number of amides is 4. The summed E-state index contributed by atoms with van der Waals surface area (Å²) >= 11 is 5.26. The van der Waals surface area contributed by atoms with Crippen LogP contribution >= 0.6 is 25.3 Å². The molecule has 10 N–H and O–H groups in total. The number of carboxylic acid groups (broad SMARTS) is 4. The molecule has 0 saturated carbocycles. The van der Waals surface area contributed by atoms with E-state index in [0.29, 0.717) is 0 Å². The van der Waals surface area contributed by atoms with E-state index in [1.807, 2.05) is 0 Å². The Bertz CT molecular complexity index is 901. The van der Waals surface area contributed by atoms with E-state index in [9.17, 15) is 48.6 Å². The number of hydrogen-bond acceptors (Lipinski definition) is 12. The summed E-state index contributed by atoms with van der Waals surface area (Å²) < 4.78 is 5.49. The van der Waals surface area contributed by atoms with E-state index >= 15 is 0 Å². The number of hydrogen-bond donors (Lipinski definition) is 12. The van der Waals surface area contributed by atoms with Crippen molar-refractivity contribution in [2.75, 3.05) is 24.6 Å². The molecule has 0 aliphatic heterocycles. The SMILES string of the molecule is O=C(O)CNC(=O)[C@H](CS)NC(=O)CC[C@H]([NH][Hg][NH][C@@H](CCC(=O)N[C@@H](CS)C(=O)NCC(=O)O)C(=O)O)C(=O)O. The number of rotatable bonds is 22. The molecule has 41 heavy (non-hydrogen) atoms. The number of aliphatic carboxylic acids is 4. The van der Waals surface area contributed by atoms with Crippen molar-refractivity contribution in [3.05, 3.63) is 0 Å². The van der Waals surface area contributed by atoms with E-state index in [1.54, 1.807) is 0 Å². The fraction of sp³-hybridized carbons (Fsp3) is 0.600. The zero-order valence-corrected chi connectivity index (χ0v) is 28.9. The van der Waals surface area contributed by atoms with Crippen molar-refractivity contribution in [3.8, 4) is 0 Å². The molecular formula is C20H32HgN6O12S2. The van der Waals surface area contributed by atoms with Gasteiger partial charge in [-0.3, -0.25) is 0 Å². The zero-order chi connectivity index (χ0) is 31.5. The Balaban J connectivity index is 4.75. The molecule has 0 heterocycles. The molecule has 0 aromatic rings. The van der Waals surface area contributed by atoms with Crippen LogP contribution in [0.1, 0.15) is 25.7 Å². The molecule has 0 bridgehead atoms. The third-order valence-corrected chi connectivity index (χ3v) is 11.3. The van der Waals surface area contributed by atoms with E-state index in [1.165, 1.54) is 0 Å². The van der Waals surface area contributed by atoms with Gasteiger partial charge in [-0.05, 0) is 0 Å². The summed E-state index contributed by atoms with van der Waals surface area (Å²) in [6.07, 6.45) is -1.03. The minimum atomic E-state index is -2.60. The number of carbonyl (C=O) groups is 8. The molecule has 0 fully saturated rings. The van der Waals surface area contributed by atoms with Gasteiger partial charge in [-0.2, -0.15) is 0 Å². The van der Waals surface area contributed by atoms with Crippen LogP contribution in [0.4, 0.5) is 0 Å². The Morgan fingerprint density at radius 3 is 1.20 bits per heavy atom. The van der Waals surface area contributed by atoms with Crippen molar-refractivity contribution in [1.82, 2.24) is 27.4 Å². The number of thiol groups is 2. The van der Waals surface area contributed by atoms with Crippen molar-refractivity contribution in [3.63, 3.8) is 0 Å². The summed E-state index contributed by atoms with van der Waals surface area (Å²) in [6.45, 7) is -1.32. The van der Waals surface area contributed by atoms with Gasteiger partial charge in [-0.1, -0.05) is 0 Å². The van der Waals surface area contributed by atoms with Crippen LogP contribution in [-0.4, -0.2) is 117 Å². The van der Waals surface area contributed by atoms with E-state index < -0.39 is 110 Å². The Morgan fingerprint density at radius 1 is 0.585 bits per heavy atom. The van der Waals surface area contributed by atoms with Crippen molar-refractivity contribution in [1.29, 1.82) is 0 Å². The predicted octanol–water partition coefficient (Wildman–Crippen LogP) is -4.22. The van der Waals surface area contributed by atoms with Gasteiger partial charge in [0.1, 0.15) is 0 Å². The number of nitrogens with one attached hydrogen (secondary N) is 6. The zero-order valence-electron chi connectivity index (χ0n) is 21.6. The minimum absolute atomic E-state index is 0.138. The van der Waals surface area contributed by atoms with Crippen LogP contribution in [0, 0.1) is 0 Å². The molecule has 228 valence electrons. The van der Waals surface area contributed by atoms with Crippen molar-refractivity contribution in [2.24, 2.45) is 0 Å². The van der Waals surface area contributed by atoms with Crippen molar-refractivity contribution < 1.29 is 84.0 Å². The van der Waals surface area contributed by atoms with Gasteiger partial charge in [-0.15, -0.1) is 0 Å². The maximum atomic E-state index is 12.2. The maximum absolute atomic E-state index is 12.2. The Hall–Kier alpha value is -2.68. The molecular weight excluding hydrogens is 781 g/mol. The van der Waals surface area contributed by atoms with Crippen LogP contribution in [0.2, 0.25) is 0 Å². The number of carboxylic acids is 4. The van der Waals surface area contributed by atoms with Gasteiger partial charge < -0.3 is 0 Å². The standard InChI is InChI=1S/2C10H16N3O6S.Hg/c2*11-5(10(18)19)1-2-7(14)13-6(4-20)9(17)12-3-8(15)16;/h2*5-6,11,20H,1-4H2,(H,12,17)(H,13,14)(H,15,16)(H,18,19);/q2*-1;+2/t2*5-,6-;/m00./s1. The van der Waals surface area contributed by atoms with E-state index in [4.69, 9.17) is 10.2 Å². The molecule has 4 atom stereocenters. The monoisotopic (exact) mass is 814 g/mol. The normalized spacial score (nSPS) is 13.3. The van der Waals surface area contributed by atoms with Crippen LogP contribution in [0.5, 0.6) is 0 Å². The second-order valence-electron chi connectivity index (χ2n) is 8.27. The fourth-order valence-corrected chi connectivity index (χ4v) is 8.81. The molecule has 0 radical (unpaired) electrons. The molecule has 0 aliphatic rings. The first-order chi connectivity index (χ1) is 19.2. The molecule has 18 nitrogen and oxygen atoms in total. The molecule has 0 spiro atoms. The van der Waals surface area contributed by atoms with E-state index in [0.717, 1.165) is 0 Å². The second-order valence-corrected chi connectivity index (χ2v) is 13.6. The fourth-order valence-electron chi connectivity index (χ4n) is 2.97.